The molecule has 0 fully saturated rings. The second kappa shape index (κ2) is 9.73. The van der Waals surface area contributed by atoms with Crippen LogP contribution in [0.4, 0.5) is 17.3 Å². The Labute approximate surface area is 191 Å². The lowest BCUT2D eigenvalue weighted by molar-refractivity contribution is 0.601. The average molecular weight is 524 g/mol. The number of aromatic nitrogens is 2. The van der Waals surface area contributed by atoms with Gasteiger partial charge < -0.3 is 16.8 Å². The van der Waals surface area contributed by atoms with Crippen molar-refractivity contribution in [3.63, 3.8) is 0 Å². The number of sulfonamides is 1. The molecule has 160 valence electrons. The third-order valence-corrected chi connectivity index (χ3v) is 5.62. The molecular weight excluding hydrogens is 508 g/mol. The summed E-state index contributed by atoms with van der Waals surface area (Å²) in [5, 5.41) is 3.05. The van der Waals surface area contributed by atoms with Gasteiger partial charge in [-0.1, -0.05) is 33.6 Å². The molecule has 6 N–H and O–H groups in total. The van der Waals surface area contributed by atoms with Crippen molar-refractivity contribution >= 4 is 66.8 Å². The van der Waals surface area contributed by atoms with Gasteiger partial charge in [0.1, 0.15) is 0 Å². The van der Waals surface area contributed by atoms with E-state index in [0.717, 1.165) is 4.47 Å². The molecule has 10 nitrogen and oxygen atoms in total. The van der Waals surface area contributed by atoms with Crippen LogP contribution in [0.15, 0.2) is 80.3 Å². The van der Waals surface area contributed by atoms with Crippen molar-refractivity contribution < 1.29 is 8.42 Å². The largest absolute Gasteiger partial charge is 0.369 e. The van der Waals surface area contributed by atoms with Crippen LogP contribution in [0, 0.1) is 0 Å². The summed E-state index contributed by atoms with van der Waals surface area (Å²) in [5.41, 5.74) is 12.6. The van der Waals surface area contributed by atoms with Gasteiger partial charge in [0.25, 0.3) is 10.0 Å². The molecule has 3 rings (SSSR count). The average Bonchev–Trinajstić information content (AvgIpc) is 2.71. The molecule has 2 aromatic carbocycles. The Morgan fingerprint density at radius 1 is 1.06 bits per heavy atom. The zero-order valence-corrected chi connectivity index (χ0v) is 18.9. The minimum atomic E-state index is -3.94. The van der Waals surface area contributed by atoms with Crippen LogP contribution in [0.1, 0.15) is 0 Å². The smallest absolute Gasteiger partial charge is 0.264 e. The predicted octanol–water partition coefficient (Wildman–Crippen LogP) is 3.07. The van der Waals surface area contributed by atoms with Gasteiger partial charge in [-0.25, -0.2) is 28.1 Å². The molecule has 0 bridgehead atoms. The highest BCUT2D eigenvalue weighted by atomic mass is 79.9. The summed E-state index contributed by atoms with van der Waals surface area (Å²) in [6, 6.07) is 13.0. The number of nitrogens with two attached hydrogens (primary N) is 2. The van der Waals surface area contributed by atoms with E-state index in [1.54, 1.807) is 18.2 Å². The van der Waals surface area contributed by atoms with Gasteiger partial charge in [0, 0.05) is 10.2 Å². The second-order valence-electron chi connectivity index (χ2n) is 5.93. The molecule has 0 aliphatic carbocycles. The van der Waals surface area contributed by atoms with Crippen molar-refractivity contribution in [2.75, 3.05) is 10.0 Å². The highest BCUT2D eigenvalue weighted by Gasteiger charge is 2.16. The molecule has 0 unspecified atom stereocenters. The number of halogens is 2. The molecule has 0 spiro atoms. The van der Waals surface area contributed by atoms with Crippen LogP contribution in [-0.2, 0) is 10.0 Å². The maximum Gasteiger partial charge on any atom is 0.264 e. The van der Waals surface area contributed by atoms with Gasteiger partial charge in [-0.3, -0.25) is 0 Å². The van der Waals surface area contributed by atoms with Crippen LogP contribution in [0.5, 0.6) is 0 Å². The number of hydrogen-bond acceptors (Lipinski definition) is 5. The number of aliphatic imine (C=N–C) groups is 2. The minimum absolute atomic E-state index is 0.0413. The zero-order chi connectivity index (χ0) is 22.4. The molecule has 0 saturated heterocycles. The second-order valence-corrected chi connectivity index (χ2v) is 8.96. The lowest BCUT2D eigenvalue weighted by Crippen LogP contribution is -2.26. The molecule has 0 saturated carbocycles. The van der Waals surface area contributed by atoms with Crippen molar-refractivity contribution in [2.24, 2.45) is 21.5 Å². The Morgan fingerprint density at radius 2 is 1.74 bits per heavy atom. The Hall–Kier alpha value is -3.22. The summed E-state index contributed by atoms with van der Waals surface area (Å²) in [6.07, 6.45) is 2.56. The number of hydrogen-bond donors (Lipinski definition) is 4. The van der Waals surface area contributed by atoms with Crippen LogP contribution in [0.25, 0.3) is 0 Å². The monoisotopic (exact) mass is 522 g/mol. The van der Waals surface area contributed by atoms with E-state index in [9.17, 15) is 8.42 Å². The Bertz CT molecular complexity index is 1230. The highest BCUT2D eigenvalue weighted by Crippen LogP contribution is 2.19. The van der Waals surface area contributed by atoms with Crippen molar-refractivity contribution in [1.29, 1.82) is 0 Å². The van der Waals surface area contributed by atoms with Crippen molar-refractivity contribution in [3.8, 4) is 0 Å². The summed E-state index contributed by atoms with van der Waals surface area (Å²) in [7, 11) is -3.94. The highest BCUT2D eigenvalue weighted by molar-refractivity contribution is 9.10. The fourth-order valence-electron chi connectivity index (χ4n) is 2.26. The molecular formula is C18H16BrClN8O2S. The van der Waals surface area contributed by atoms with E-state index >= 15 is 0 Å². The summed E-state index contributed by atoms with van der Waals surface area (Å²) >= 11 is 9.04. The summed E-state index contributed by atoms with van der Waals surface area (Å²) < 4.78 is 28.3. The molecule has 0 radical (unpaired) electrons. The Balaban J connectivity index is 1.73. The topological polar surface area (TPSA) is 161 Å². The zero-order valence-electron chi connectivity index (χ0n) is 15.7. The predicted molar refractivity (Wildman–Crippen MR) is 125 cm³/mol. The summed E-state index contributed by atoms with van der Waals surface area (Å²) in [6.45, 7) is 0. The normalized spacial score (nSPS) is 12.5. The number of nitrogens with one attached hydrogen (secondary N) is 2. The van der Waals surface area contributed by atoms with Crippen molar-refractivity contribution in [2.45, 2.75) is 4.90 Å². The SMILES string of the molecule is NC(=Nc1ccc(Br)cc1)/N=C(/N)Nc1cccc(S(=O)(=O)Nc2ncc(Cl)cn2)c1. The summed E-state index contributed by atoms with van der Waals surface area (Å²) in [5.74, 6) is -0.250. The van der Waals surface area contributed by atoms with E-state index < -0.39 is 10.0 Å². The van der Waals surface area contributed by atoms with Gasteiger partial charge in [0.2, 0.25) is 17.9 Å². The van der Waals surface area contributed by atoms with Gasteiger partial charge in [0.05, 0.1) is 28.0 Å². The molecule has 0 aliphatic rings. The number of rotatable bonds is 5. The molecule has 31 heavy (non-hydrogen) atoms. The molecule has 0 amide bonds. The molecule has 1 heterocycles. The third kappa shape index (κ3) is 6.64. The fourth-order valence-corrected chi connectivity index (χ4v) is 3.62. The lowest BCUT2D eigenvalue weighted by Gasteiger charge is -2.09. The van der Waals surface area contributed by atoms with Gasteiger partial charge >= 0.3 is 0 Å². The van der Waals surface area contributed by atoms with Gasteiger partial charge in [0.15, 0.2) is 0 Å². The van der Waals surface area contributed by atoms with Gasteiger partial charge in [-0.2, -0.15) is 4.99 Å². The van der Waals surface area contributed by atoms with E-state index in [4.69, 9.17) is 23.1 Å². The first-order valence-corrected chi connectivity index (χ1v) is 11.2. The van der Waals surface area contributed by atoms with Crippen LogP contribution in [0.3, 0.4) is 0 Å². The minimum Gasteiger partial charge on any atom is -0.369 e. The molecule has 13 heteroatoms. The molecule has 1 aromatic heterocycles. The first-order chi connectivity index (χ1) is 14.7. The van der Waals surface area contributed by atoms with Crippen molar-refractivity contribution in [3.05, 3.63) is 70.4 Å². The standard InChI is InChI=1S/C18H16BrClN8O2S/c19-11-4-6-13(7-5-11)25-16(21)27-17(22)26-14-2-1-3-15(8-14)31(29,30)28-18-23-9-12(20)10-24-18/h1-10H,(H,23,24,28)(H5,21,22,25,26,27). The maximum absolute atomic E-state index is 12.6. The fraction of sp³-hybridized carbons (Fsp3) is 0. The molecule has 3 aromatic rings. The summed E-state index contributed by atoms with van der Waals surface area (Å²) in [4.78, 5) is 15.7. The van der Waals surface area contributed by atoms with E-state index in [2.05, 4.69) is 45.9 Å². The number of anilines is 2. The lowest BCUT2D eigenvalue weighted by atomic mass is 10.3. The third-order valence-electron chi connectivity index (χ3n) is 3.57. The van der Waals surface area contributed by atoms with Crippen LogP contribution in [0.2, 0.25) is 5.02 Å². The first-order valence-electron chi connectivity index (χ1n) is 8.53. The Morgan fingerprint density at radius 3 is 2.42 bits per heavy atom. The number of guanidine groups is 2. The van der Waals surface area contributed by atoms with E-state index in [1.807, 2.05) is 12.1 Å². The molecule has 0 atom stereocenters. The van der Waals surface area contributed by atoms with E-state index in [-0.39, 0.29) is 27.8 Å². The molecule has 0 aliphatic heterocycles. The van der Waals surface area contributed by atoms with Gasteiger partial charge in [-0.15, -0.1) is 0 Å². The van der Waals surface area contributed by atoms with Crippen LogP contribution in [-0.4, -0.2) is 30.3 Å². The van der Waals surface area contributed by atoms with E-state index in [1.165, 1.54) is 30.6 Å². The van der Waals surface area contributed by atoms with E-state index in [0.29, 0.717) is 11.4 Å². The number of nitrogens with zero attached hydrogens (tertiary/aromatic N) is 4. The first kappa shape index (κ1) is 22.5. The van der Waals surface area contributed by atoms with Crippen LogP contribution >= 0.6 is 27.5 Å². The maximum atomic E-state index is 12.6. The quantitative estimate of drug-likeness (QED) is 0.295. The van der Waals surface area contributed by atoms with Crippen molar-refractivity contribution in [1.82, 2.24) is 9.97 Å². The Kier molecular flexibility index (Phi) is 7.05. The van der Waals surface area contributed by atoms with Gasteiger partial charge in [-0.05, 0) is 42.5 Å². The number of benzene rings is 2. The van der Waals surface area contributed by atoms with Crippen LogP contribution < -0.4 is 21.5 Å².